The van der Waals surface area contributed by atoms with Crippen LogP contribution in [0.1, 0.15) is 21.7 Å². The number of aryl methyl sites for hydroxylation is 1. The van der Waals surface area contributed by atoms with E-state index in [-0.39, 0.29) is 17.0 Å². The summed E-state index contributed by atoms with van der Waals surface area (Å²) < 4.78 is 26.7. The Bertz CT molecular complexity index is 768. The molecule has 1 aromatic carbocycles. The first-order valence-electron chi connectivity index (χ1n) is 5.86. The third-order valence-corrected chi connectivity index (χ3v) is 4.34. The Morgan fingerprint density at radius 2 is 2.14 bits per heavy atom. The normalized spacial score (nSPS) is 11.5. The first-order chi connectivity index (χ1) is 9.81. The molecule has 0 fully saturated rings. The molecule has 0 bridgehead atoms. The first kappa shape index (κ1) is 15.0. The highest BCUT2D eigenvalue weighted by atomic mass is 32.2. The van der Waals surface area contributed by atoms with E-state index in [0.717, 1.165) is 12.1 Å². The Kier molecular flexibility index (Phi) is 3.96. The lowest BCUT2D eigenvalue weighted by Gasteiger charge is -2.10. The molecule has 0 radical (unpaired) electrons. The number of hydrogen-bond donors (Lipinski definition) is 4. The Balaban J connectivity index is 2.35. The predicted molar refractivity (Wildman–Crippen MR) is 72.4 cm³/mol. The molecule has 21 heavy (non-hydrogen) atoms. The molecule has 112 valence electrons. The van der Waals surface area contributed by atoms with Crippen molar-refractivity contribution in [3.05, 3.63) is 41.5 Å². The van der Waals surface area contributed by atoms with Crippen LogP contribution < -0.4 is 4.72 Å². The summed E-state index contributed by atoms with van der Waals surface area (Å²) >= 11 is 0. The van der Waals surface area contributed by atoms with Crippen molar-refractivity contribution in [2.45, 2.75) is 18.4 Å². The molecule has 1 heterocycles. The summed E-state index contributed by atoms with van der Waals surface area (Å²) in [5.74, 6) is -1.46. The third kappa shape index (κ3) is 3.20. The van der Waals surface area contributed by atoms with E-state index in [1.165, 1.54) is 13.1 Å². The number of aromatic hydroxyl groups is 1. The number of carbonyl (C=O) groups is 1. The molecule has 1 aromatic heterocycles. The number of benzene rings is 1. The van der Waals surface area contributed by atoms with Gasteiger partial charge in [-0.05, 0) is 24.6 Å². The first-order valence-corrected chi connectivity index (χ1v) is 7.34. The van der Waals surface area contributed by atoms with Crippen LogP contribution in [0.4, 0.5) is 0 Å². The molecule has 0 saturated heterocycles. The molecular formula is C12H13N3O5S. The maximum atomic E-state index is 12.2. The third-order valence-electron chi connectivity index (χ3n) is 2.80. The Labute approximate surface area is 120 Å². The van der Waals surface area contributed by atoms with E-state index in [1.54, 1.807) is 6.20 Å². The molecule has 0 aliphatic rings. The van der Waals surface area contributed by atoms with Crippen LogP contribution in [0.5, 0.6) is 5.75 Å². The van der Waals surface area contributed by atoms with Gasteiger partial charge in [0.15, 0.2) is 0 Å². The number of nitrogens with zero attached hydrogens (tertiary/aromatic N) is 1. The minimum Gasteiger partial charge on any atom is -0.507 e. The lowest BCUT2D eigenvalue weighted by molar-refractivity contribution is 0.0693. The number of carboxylic acids is 1. The Hall–Kier alpha value is -2.39. The van der Waals surface area contributed by atoms with Gasteiger partial charge in [0, 0.05) is 12.4 Å². The Morgan fingerprint density at radius 3 is 2.71 bits per heavy atom. The molecular weight excluding hydrogens is 298 g/mol. The number of imidazole rings is 1. The summed E-state index contributed by atoms with van der Waals surface area (Å²) in [5.41, 5.74) is -0.233. The average molecular weight is 311 g/mol. The van der Waals surface area contributed by atoms with Gasteiger partial charge in [0.1, 0.15) is 17.1 Å². The zero-order valence-electron chi connectivity index (χ0n) is 11.0. The maximum absolute atomic E-state index is 12.2. The van der Waals surface area contributed by atoms with Crippen LogP contribution in [0.25, 0.3) is 0 Å². The van der Waals surface area contributed by atoms with E-state index >= 15 is 0 Å². The van der Waals surface area contributed by atoms with Crippen molar-refractivity contribution in [3.8, 4) is 5.75 Å². The minimum atomic E-state index is -3.92. The van der Waals surface area contributed by atoms with Crippen molar-refractivity contribution >= 4 is 16.0 Å². The van der Waals surface area contributed by atoms with Crippen LogP contribution in [0.2, 0.25) is 0 Å². The van der Waals surface area contributed by atoms with E-state index in [0.29, 0.717) is 5.82 Å². The quantitative estimate of drug-likeness (QED) is 0.639. The van der Waals surface area contributed by atoms with Crippen LogP contribution in [-0.2, 0) is 16.6 Å². The van der Waals surface area contributed by atoms with Gasteiger partial charge in [-0.3, -0.25) is 0 Å². The van der Waals surface area contributed by atoms with Crippen LogP contribution in [0.3, 0.4) is 0 Å². The maximum Gasteiger partial charge on any atom is 0.339 e. The molecule has 2 rings (SSSR count). The summed E-state index contributed by atoms with van der Waals surface area (Å²) in [6.45, 7) is 1.41. The minimum absolute atomic E-state index is 0.0575. The molecule has 0 aliphatic carbocycles. The predicted octanol–water partition coefficient (Wildman–Crippen LogP) is 0.600. The SMILES string of the molecule is Cc1cc(O)c(C(=O)O)cc1S(=O)(=O)NCc1ncc[nH]1. The second kappa shape index (κ2) is 5.54. The van der Waals surface area contributed by atoms with Crippen LogP contribution in [0, 0.1) is 6.92 Å². The zero-order valence-corrected chi connectivity index (χ0v) is 11.8. The zero-order chi connectivity index (χ0) is 15.6. The fourth-order valence-corrected chi connectivity index (χ4v) is 3.01. The van der Waals surface area contributed by atoms with Crippen LogP contribution in [0.15, 0.2) is 29.4 Å². The second-order valence-electron chi connectivity index (χ2n) is 4.30. The molecule has 0 amide bonds. The highest BCUT2D eigenvalue weighted by Gasteiger charge is 2.21. The lowest BCUT2D eigenvalue weighted by atomic mass is 10.1. The molecule has 0 aliphatic heterocycles. The molecule has 2 aromatic rings. The number of nitrogens with one attached hydrogen (secondary N) is 2. The summed E-state index contributed by atoms with van der Waals surface area (Å²) in [7, 11) is -3.92. The standard InChI is InChI=1S/C12H13N3O5S/c1-7-4-9(16)8(12(17)18)5-10(7)21(19,20)15-6-11-13-2-3-14-11/h2-5,15-16H,6H2,1H3,(H,13,14)(H,17,18). The van der Waals surface area contributed by atoms with Gasteiger partial charge in [0.05, 0.1) is 11.4 Å². The van der Waals surface area contributed by atoms with Crippen molar-refractivity contribution < 1.29 is 23.4 Å². The van der Waals surface area contributed by atoms with Gasteiger partial charge in [0.2, 0.25) is 10.0 Å². The van der Waals surface area contributed by atoms with Gasteiger partial charge in [-0.25, -0.2) is 22.9 Å². The smallest absolute Gasteiger partial charge is 0.339 e. The van der Waals surface area contributed by atoms with Gasteiger partial charge < -0.3 is 15.2 Å². The van der Waals surface area contributed by atoms with Gasteiger partial charge in [-0.1, -0.05) is 0 Å². The highest BCUT2D eigenvalue weighted by Crippen LogP contribution is 2.25. The largest absolute Gasteiger partial charge is 0.507 e. The average Bonchev–Trinajstić information content (AvgIpc) is 2.88. The number of carboxylic acid groups (broad SMARTS) is 1. The van der Waals surface area contributed by atoms with E-state index in [1.807, 2.05) is 0 Å². The van der Waals surface area contributed by atoms with Crippen molar-refractivity contribution in [1.29, 1.82) is 0 Å². The molecule has 0 spiro atoms. The summed E-state index contributed by atoms with van der Waals surface area (Å²) in [6.07, 6.45) is 3.04. The lowest BCUT2D eigenvalue weighted by Crippen LogP contribution is -2.25. The van der Waals surface area contributed by atoms with E-state index in [4.69, 9.17) is 5.11 Å². The van der Waals surface area contributed by atoms with E-state index in [2.05, 4.69) is 14.7 Å². The molecule has 4 N–H and O–H groups in total. The van der Waals surface area contributed by atoms with Crippen molar-refractivity contribution in [2.24, 2.45) is 0 Å². The molecule has 0 unspecified atom stereocenters. The number of rotatable bonds is 5. The van der Waals surface area contributed by atoms with Gasteiger partial charge in [-0.2, -0.15) is 0 Å². The fraction of sp³-hybridized carbons (Fsp3) is 0.167. The van der Waals surface area contributed by atoms with Crippen molar-refractivity contribution in [3.63, 3.8) is 0 Å². The second-order valence-corrected chi connectivity index (χ2v) is 6.04. The molecule has 8 nitrogen and oxygen atoms in total. The summed E-state index contributed by atoms with van der Waals surface area (Å²) in [4.78, 5) is 17.4. The van der Waals surface area contributed by atoms with Crippen LogP contribution in [-0.4, -0.2) is 34.6 Å². The van der Waals surface area contributed by atoms with Crippen molar-refractivity contribution in [2.75, 3.05) is 0 Å². The fourth-order valence-electron chi connectivity index (χ4n) is 1.77. The van der Waals surface area contributed by atoms with Gasteiger partial charge >= 0.3 is 5.97 Å². The van der Waals surface area contributed by atoms with Crippen LogP contribution >= 0.6 is 0 Å². The number of phenols is 1. The van der Waals surface area contributed by atoms with Gasteiger partial charge in [-0.15, -0.1) is 0 Å². The highest BCUT2D eigenvalue weighted by molar-refractivity contribution is 7.89. The number of H-pyrrole nitrogens is 1. The monoisotopic (exact) mass is 311 g/mol. The Morgan fingerprint density at radius 1 is 1.43 bits per heavy atom. The topological polar surface area (TPSA) is 132 Å². The van der Waals surface area contributed by atoms with Crippen molar-refractivity contribution in [1.82, 2.24) is 14.7 Å². The molecule has 0 atom stereocenters. The molecule has 9 heteroatoms. The number of aromatic amines is 1. The molecule has 0 saturated carbocycles. The van der Waals surface area contributed by atoms with Gasteiger partial charge in [0.25, 0.3) is 0 Å². The van der Waals surface area contributed by atoms with E-state index in [9.17, 15) is 18.3 Å². The number of aromatic nitrogens is 2. The number of sulfonamides is 1. The number of aromatic carboxylic acids is 1. The summed E-state index contributed by atoms with van der Waals surface area (Å²) in [5, 5.41) is 18.5. The summed E-state index contributed by atoms with van der Waals surface area (Å²) in [6, 6.07) is 2.03. The number of hydrogen-bond acceptors (Lipinski definition) is 5. The van der Waals surface area contributed by atoms with E-state index < -0.39 is 27.3 Å².